The number of esters is 1. The number of amidine groups is 1. The second kappa shape index (κ2) is 8.77. The maximum Gasteiger partial charge on any atom is 0.408 e. The van der Waals surface area contributed by atoms with Crippen LogP contribution < -0.4 is 5.32 Å². The molecule has 0 saturated carbocycles. The first-order valence-electron chi connectivity index (χ1n) is 7.89. The highest BCUT2D eigenvalue weighted by Gasteiger charge is 2.25. The number of hydrogen-bond acceptors (Lipinski definition) is 6. The minimum absolute atomic E-state index is 0.0395. The molecule has 1 atom stereocenters. The van der Waals surface area contributed by atoms with Crippen molar-refractivity contribution in [1.29, 1.82) is 0 Å². The number of nitrogens with one attached hydrogen (secondary N) is 1. The van der Waals surface area contributed by atoms with E-state index in [2.05, 4.69) is 20.0 Å². The van der Waals surface area contributed by atoms with Crippen LogP contribution in [0.4, 0.5) is 4.79 Å². The van der Waals surface area contributed by atoms with Crippen molar-refractivity contribution >= 4 is 24.1 Å². The van der Waals surface area contributed by atoms with Crippen LogP contribution >= 0.6 is 0 Å². The molecule has 2 rings (SSSR count). The second-order valence-corrected chi connectivity index (χ2v) is 5.75. The van der Waals surface area contributed by atoms with Crippen molar-refractivity contribution in [2.75, 3.05) is 7.11 Å². The minimum Gasteiger partial charge on any atom is -0.466 e. The lowest BCUT2D eigenvalue weighted by Gasteiger charge is -2.20. The van der Waals surface area contributed by atoms with Crippen molar-refractivity contribution in [3.05, 3.63) is 47.7 Å². The Labute approximate surface area is 146 Å². The normalized spacial score (nSPS) is 15.8. The quantitative estimate of drug-likeness (QED) is 0.635. The molecular formula is C18H21N3O4. The van der Waals surface area contributed by atoms with Crippen LogP contribution in [0.5, 0.6) is 0 Å². The summed E-state index contributed by atoms with van der Waals surface area (Å²) < 4.78 is 9.79. The number of nitrogens with zero attached hydrogens (tertiary/aromatic N) is 2. The summed E-state index contributed by atoms with van der Waals surface area (Å²) in [6.07, 6.45) is 2.14. The van der Waals surface area contributed by atoms with Gasteiger partial charge < -0.3 is 14.8 Å². The number of aliphatic imine (C=N–C) groups is 2. The van der Waals surface area contributed by atoms with Gasteiger partial charge in [0.1, 0.15) is 6.61 Å². The van der Waals surface area contributed by atoms with E-state index in [4.69, 9.17) is 4.74 Å². The summed E-state index contributed by atoms with van der Waals surface area (Å²) in [5.41, 5.74) is 1.28. The maximum atomic E-state index is 12.1. The lowest BCUT2D eigenvalue weighted by Crippen LogP contribution is -2.43. The molecule has 1 aromatic rings. The van der Waals surface area contributed by atoms with E-state index in [-0.39, 0.29) is 12.5 Å². The lowest BCUT2D eigenvalue weighted by atomic mass is 10.0. The predicted molar refractivity (Wildman–Crippen MR) is 94.4 cm³/mol. The van der Waals surface area contributed by atoms with Crippen molar-refractivity contribution < 1.29 is 19.1 Å². The number of carbonyl (C=O) groups is 2. The molecule has 0 unspecified atom stereocenters. The van der Waals surface area contributed by atoms with Gasteiger partial charge in [0.15, 0.2) is 5.84 Å². The molecule has 0 saturated heterocycles. The van der Waals surface area contributed by atoms with Gasteiger partial charge in [-0.15, -0.1) is 0 Å². The number of methoxy groups -OCH3 is 1. The van der Waals surface area contributed by atoms with E-state index in [1.54, 1.807) is 0 Å². The Balaban J connectivity index is 1.98. The number of ether oxygens (including phenoxy) is 2. The summed E-state index contributed by atoms with van der Waals surface area (Å²) in [5.74, 6) is -0.0535. The maximum absolute atomic E-state index is 12.1. The third-order valence-electron chi connectivity index (χ3n) is 3.47. The van der Waals surface area contributed by atoms with Crippen LogP contribution in [0.25, 0.3) is 0 Å². The highest BCUT2D eigenvalue weighted by molar-refractivity contribution is 6.07. The van der Waals surface area contributed by atoms with Crippen molar-refractivity contribution in [1.82, 2.24) is 5.32 Å². The van der Waals surface area contributed by atoms with E-state index in [0.717, 1.165) is 5.56 Å². The van der Waals surface area contributed by atoms with Crippen LogP contribution in [0.2, 0.25) is 0 Å². The van der Waals surface area contributed by atoms with Crippen molar-refractivity contribution in [3.63, 3.8) is 0 Å². The topological polar surface area (TPSA) is 89.3 Å². The van der Waals surface area contributed by atoms with Gasteiger partial charge in [-0.2, -0.15) is 0 Å². The molecule has 1 aromatic carbocycles. The third-order valence-corrected chi connectivity index (χ3v) is 3.47. The molecule has 0 aromatic heterocycles. The van der Waals surface area contributed by atoms with Crippen molar-refractivity contribution in [2.24, 2.45) is 15.9 Å². The Bertz CT molecular complexity index is 708. The molecular weight excluding hydrogens is 322 g/mol. The van der Waals surface area contributed by atoms with Crippen LogP contribution in [0.15, 0.2) is 52.1 Å². The summed E-state index contributed by atoms with van der Waals surface area (Å²) in [6.45, 7) is 4.05. The standard InChI is InChI=1S/C18H21N3O4/c1-12(2)16(17-19-10-14(20-17)9-15(22)24-3)21-18(23)25-11-13-7-5-4-6-8-13/h4-10,12,16H,11H2,1-3H3,(H,21,23)/t16-/m0/s1. The molecule has 25 heavy (non-hydrogen) atoms. The van der Waals surface area contributed by atoms with Crippen LogP contribution in [-0.4, -0.2) is 37.3 Å². The fraction of sp³-hybridized carbons (Fsp3) is 0.333. The number of benzene rings is 1. The average Bonchev–Trinajstić information content (AvgIpc) is 3.06. The van der Waals surface area contributed by atoms with Crippen LogP contribution in [0, 0.1) is 5.92 Å². The molecule has 0 aliphatic carbocycles. The van der Waals surface area contributed by atoms with Crippen molar-refractivity contribution in [3.8, 4) is 0 Å². The minimum atomic E-state index is -0.550. The number of rotatable bonds is 6. The molecule has 1 amide bonds. The molecule has 0 fully saturated rings. The third kappa shape index (κ3) is 5.56. The fourth-order valence-corrected chi connectivity index (χ4v) is 2.14. The zero-order valence-electron chi connectivity index (χ0n) is 14.4. The molecule has 1 N–H and O–H groups in total. The number of hydrogen-bond donors (Lipinski definition) is 1. The largest absolute Gasteiger partial charge is 0.466 e. The molecule has 0 bridgehead atoms. The van der Waals surface area contributed by atoms with Crippen LogP contribution in [-0.2, 0) is 20.9 Å². The lowest BCUT2D eigenvalue weighted by molar-refractivity contribution is -0.134. The Hall–Kier alpha value is -2.96. The zero-order valence-corrected chi connectivity index (χ0v) is 14.4. The average molecular weight is 343 g/mol. The van der Waals surface area contributed by atoms with Gasteiger partial charge in [0.25, 0.3) is 0 Å². The Kier molecular flexibility index (Phi) is 6.45. The molecule has 7 heteroatoms. The van der Waals surface area contributed by atoms with E-state index in [1.807, 2.05) is 44.2 Å². The summed E-state index contributed by atoms with van der Waals surface area (Å²) >= 11 is 0. The van der Waals surface area contributed by atoms with Crippen LogP contribution in [0.3, 0.4) is 0 Å². The first kappa shape index (κ1) is 18.4. The number of carbonyl (C=O) groups excluding carboxylic acids is 2. The monoisotopic (exact) mass is 343 g/mol. The molecule has 1 aliphatic rings. The highest BCUT2D eigenvalue weighted by Crippen LogP contribution is 2.13. The van der Waals surface area contributed by atoms with E-state index in [9.17, 15) is 9.59 Å². The second-order valence-electron chi connectivity index (χ2n) is 5.75. The van der Waals surface area contributed by atoms with Gasteiger partial charge in [-0.3, -0.25) is 0 Å². The fourth-order valence-electron chi connectivity index (χ4n) is 2.14. The van der Waals surface area contributed by atoms with Gasteiger partial charge in [-0.25, -0.2) is 19.6 Å². The molecule has 1 heterocycles. The van der Waals surface area contributed by atoms with E-state index in [0.29, 0.717) is 11.5 Å². The Morgan fingerprint density at radius 1 is 1.24 bits per heavy atom. The molecule has 0 radical (unpaired) electrons. The first-order chi connectivity index (χ1) is 12.0. The SMILES string of the molecule is COC(=O)C=C1C=NC([C@@H](NC(=O)OCc2ccccc2)C(C)C)=N1. The van der Waals surface area contributed by atoms with Gasteiger partial charge in [-0.1, -0.05) is 44.2 Å². The number of amides is 1. The van der Waals surface area contributed by atoms with Gasteiger partial charge >= 0.3 is 12.1 Å². The summed E-state index contributed by atoms with van der Waals surface area (Å²) in [6, 6.07) is 8.98. The number of allylic oxidation sites excluding steroid dienone is 1. The summed E-state index contributed by atoms with van der Waals surface area (Å²) in [4.78, 5) is 31.8. The molecule has 7 nitrogen and oxygen atoms in total. The van der Waals surface area contributed by atoms with E-state index in [1.165, 1.54) is 19.4 Å². The molecule has 1 aliphatic heterocycles. The van der Waals surface area contributed by atoms with Crippen molar-refractivity contribution in [2.45, 2.75) is 26.5 Å². The number of alkyl carbamates (subject to hydrolysis) is 1. The predicted octanol–water partition coefficient (Wildman–Crippen LogP) is 2.48. The van der Waals surface area contributed by atoms with Gasteiger partial charge in [-0.05, 0) is 11.5 Å². The van der Waals surface area contributed by atoms with Gasteiger partial charge in [0, 0.05) is 0 Å². The van der Waals surface area contributed by atoms with E-state index < -0.39 is 18.1 Å². The Morgan fingerprint density at radius 3 is 2.60 bits per heavy atom. The van der Waals surface area contributed by atoms with Gasteiger partial charge in [0.05, 0.1) is 31.1 Å². The molecule has 132 valence electrons. The summed E-state index contributed by atoms with van der Waals surface area (Å²) in [5, 5.41) is 2.77. The molecule has 0 spiro atoms. The first-order valence-corrected chi connectivity index (χ1v) is 7.89. The van der Waals surface area contributed by atoms with Gasteiger partial charge in [0.2, 0.25) is 0 Å². The smallest absolute Gasteiger partial charge is 0.408 e. The highest BCUT2D eigenvalue weighted by atomic mass is 16.5. The van der Waals surface area contributed by atoms with E-state index >= 15 is 0 Å². The zero-order chi connectivity index (χ0) is 18.2. The van der Waals surface area contributed by atoms with Crippen LogP contribution in [0.1, 0.15) is 19.4 Å². The Morgan fingerprint density at radius 2 is 1.96 bits per heavy atom. The summed E-state index contributed by atoms with van der Waals surface area (Å²) in [7, 11) is 1.29.